The van der Waals surface area contributed by atoms with Crippen LogP contribution in [0.25, 0.3) is 0 Å². The molecule has 4 heteroatoms. The average Bonchev–Trinajstić information content (AvgIpc) is 2.09. The Hall–Kier alpha value is -0.770. The fourth-order valence-electron chi connectivity index (χ4n) is 1.26. The van der Waals surface area contributed by atoms with Gasteiger partial charge in [-0.1, -0.05) is 6.92 Å². The van der Waals surface area contributed by atoms with Gasteiger partial charge in [0.25, 0.3) is 0 Å². The zero-order chi connectivity index (χ0) is 8.97. The van der Waals surface area contributed by atoms with Crippen LogP contribution in [0.1, 0.15) is 19.8 Å². The molecule has 0 aromatic heterocycles. The molecule has 1 saturated heterocycles. The van der Waals surface area contributed by atoms with Gasteiger partial charge in [-0.2, -0.15) is 0 Å². The highest BCUT2D eigenvalue weighted by Gasteiger charge is 2.18. The molecule has 0 aliphatic carbocycles. The average molecular weight is 171 g/mol. The lowest BCUT2D eigenvalue weighted by atomic mass is 10.2. The van der Waals surface area contributed by atoms with Crippen LogP contribution in [0.4, 0.5) is 4.79 Å². The Morgan fingerprint density at radius 3 is 3.08 bits per heavy atom. The normalized spacial score (nSPS) is 20.5. The van der Waals surface area contributed by atoms with E-state index in [1.54, 1.807) is 4.90 Å². The molecule has 1 aliphatic rings. The Morgan fingerprint density at radius 1 is 1.75 bits per heavy atom. The Balaban J connectivity index is 2.34. The van der Waals surface area contributed by atoms with Gasteiger partial charge in [-0.25, -0.2) is 4.79 Å². The zero-order valence-electron chi connectivity index (χ0n) is 7.55. The fraction of sp³-hybridized carbons (Fsp3) is 0.875. The highest BCUT2D eigenvalue weighted by Crippen LogP contribution is 2.00. The first-order chi connectivity index (χ1) is 5.74. The molecule has 1 fully saturated rings. The van der Waals surface area contributed by atoms with Crippen molar-refractivity contribution in [2.24, 2.45) is 5.73 Å². The molecule has 0 saturated carbocycles. The van der Waals surface area contributed by atoms with E-state index in [0.29, 0.717) is 6.54 Å². The molecule has 0 bridgehead atoms. The van der Waals surface area contributed by atoms with Crippen LogP contribution in [0, 0.1) is 0 Å². The minimum atomic E-state index is 0.0325. The third-order valence-corrected chi connectivity index (χ3v) is 2.15. The number of carbonyl (C=O) groups is 1. The molecular weight excluding hydrogens is 154 g/mol. The van der Waals surface area contributed by atoms with Crippen LogP contribution in [-0.4, -0.2) is 36.6 Å². The van der Waals surface area contributed by atoms with Gasteiger partial charge in [-0.05, 0) is 12.8 Å². The predicted molar refractivity (Wildman–Crippen MR) is 47.9 cm³/mol. The molecule has 1 rings (SSSR count). The van der Waals surface area contributed by atoms with E-state index in [-0.39, 0.29) is 12.1 Å². The van der Waals surface area contributed by atoms with Gasteiger partial charge in [0.05, 0.1) is 0 Å². The fourth-order valence-corrected chi connectivity index (χ4v) is 1.26. The number of carbonyl (C=O) groups excluding carboxylic acids is 1. The summed E-state index contributed by atoms with van der Waals surface area (Å²) in [5, 5.41) is 2.79. The second-order valence-corrected chi connectivity index (χ2v) is 3.20. The summed E-state index contributed by atoms with van der Waals surface area (Å²) in [7, 11) is 0. The summed E-state index contributed by atoms with van der Waals surface area (Å²) in [6, 6.07) is 0.152. The minimum Gasteiger partial charge on any atom is -0.338 e. The summed E-state index contributed by atoms with van der Waals surface area (Å²) in [5.41, 5.74) is 5.74. The van der Waals surface area contributed by atoms with Crippen LogP contribution in [-0.2, 0) is 0 Å². The molecule has 1 heterocycles. The van der Waals surface area contributed by atoms with Crippen LogP contribution in [0.2, 0.25) is 0 Å². The first-order valence-corrected chi connectivity index (χ1v) is 4.52. The standard InChI is InChI=1S/C8H17N3O/c1-2-7(9)6-11-5-3-4-10-8(11)12/h7H,2-6,9H2,1H3,(H,10,12). The Labute approximate surface area is 73.1 Å². The minimum absolute atomic E-state index is 0.0325. The van der Waals surface area contributed by atoms with Crippen LogP contribution in [0.3, 0.4) is 0 Å². The van der Waals surface area contributed by atoms with Crippen LogP contribution >= 0.6 is 0 Å². The number of urea groups is 1. The molecule has 1 atom stereocenters. The largest absolute Gasteiger partial charge is 0.338 e. The SMILES string of the molecule is CCC(N)CN1CCCNC1=O. The predicted octanol–water partition coefficient (Wildman–Crippen LogP) is 0.139. The van der Waals surface area contributed by atoms with Crippen molar-refractivity contribution < 1.29 is 4.79 Å². The number of nitrogens with two attached hydrogens (primary N) is 1. The van der Waals surface area contributed by atoms with E-state index in [1.807, 2.05) is 6.92 Å². The summed E-state index contributed by atoms with van der Waals surface area (Å²) >= 11 is 0. The lowest BCUT2D eigenvalue weighted by Crippen LogP contribution is -2.50. The summed E-state index contributed by atoms with van der Waals surface area (Å²) < 4.78 is 0. The van der Waals surface area contributed by atoms with Crippen molar-refractivity contribution in [1.29, 1.82) is 0 Å². The second-order valence-electron chi connectivity index (χ2n) is 3.20. The smallest absolute Gasteiger partial charge is 0.317 e. The van der Waals surface area contributed by atoms with E-state index in [9.17, 15) is 4.79 Å². The molecule has 0 aromatic rings. The Kier molecular flexibility index (Phi) is 3.34. The van der Waals surface area contributed by atoms with Gasteiger partial charge in [0.2, 0.25) is 0 Å². The van der Waals surface area contributed by atoms with E-state index in [4.69, 9.17) is 5.73 Å². The molecule has 2 amide bonds. The van der Waals surface area contributed by atoms with Crippen molar-refractivity contribution in [3.05, 3.63) is 0 Å². The van der Waals surface area contributed by atoms with E-state index in [1.165, 1.54) is 0 Å². The van der Waals surface area contributed by atoms with Gasteiger partial charge in [-0.15, -0.1) is 0 Å². The second kappa shape index (κ2) is 4.30. The number of amides is 2. The van der Waals surface area contributed by atoms with E-state index < -0.39 is 0 Å². The molecule has 1 aliphatic heterocycles. The Morgan fingerprint density at radius 2 is 2.50 bits per heavy atom. The van der Waals surface area contributed by atoms with Crippen LogP contribution in [0.5, 0.6) is 0 Å². The van der Waals surface area contributed by atoms with Gasteiger partial charge in [0, 0.05) is 25.7 Å². The topological polar surface area (TPSA) is 58.4 Å². The summed E-state index contributed by atoms with van der Waals surface area (Å²) in [5.74, 6) is 0. The summed E-state index contributed by atoms with van der Waals surface area (Å²) in [6.07, 6.45) is 1.95. The van der Waals surface area contributed by atoms with E-state index in [0.717, 1.165) is 25.9 Å². The maximum atomic E-state index is 11.2. The lowest BCUT2D eigenvalue weighted by molar-refractivity contribution is 0.182. The molecule has 0 spiro atoms. The van der Waals surface area contributed by atoms with Gasteiger partial charge in [0.1, 0.15) is 0 Å². The van der Waals surface area contributed by atoms with E-state index in [2.05, 4.69) is 5.32 Å². The maximum Gasteiger partial charge on any atom is 0.317 e. The highest BCUT2D eigenvalue weighted by molar-refractivity contribution is 5.74. The Bertz CT molecular complexity index is 160. The molecule has 1 unspecified atom stereocenters. The van der Waals surface area contributed by atoms with Gasteiger partial charge >= 0.3 is 6.03 Å². The first-order valence-electron chi connectivity index (χ1n) is 4.52. The maximum absolute atomic E-state index is 11.2. The zero-order valence-corrected chi connectivity index (χ0v) is 7.55. The van der Waals surface area contributed by atoms with Gasteiger partial charge in [0.15, 0.2) is 0 Å². The van der Waals surface area contributed by atoms with Gasteiger partial charge < -0.3 is 16.0 Å². The van der Waals surface area contributed by atoms with Crippen molar-refractivity contribution in [3.8, 4) is 0 Å². The molecule has 70 valence electrons. The van der Waals surface area contributed by atoms with Crippen molar-refractivity contribution in [2.75, 3.05) is 19.6 Å². The monoisotopic (exact) mass is 171 g/mol. The molecule has 4 nitrogen and oxygen atoms in total. The van der Waals surface area contributed by atoms with E-state index >= 15 is 0 Å². The van der Waals surface area contributed by atoms with Crippen LogP contribution < -0.4 is 11.1 Å². The van der Waals surface area contributed by atoms with Crippen LogP contribution in [0.15, 0.2) is 0 Å². The highest BCUT2D eigenvalue weighted by atomic mass is 16.2. The summed E-state index contributed by atoms with van der Waals surface area (Å²) in [4.78, 5) is 13.0. The summed E-state index contributed by atoms with van der Waals surface area (Å²) in [6.45, 7) is 4.37. The lowest BCUT2D eigenvalue weighted by Gasteiger charge is -2.29. The van der Waals surface area contributed by atoms with Crippen molar-refractivity contribution in [3.63, 3.8) is 0 Å². The number of rotatable bonds is 3. The van der Waals surface area contributed by atoms with Crippen molar-refractivity contribution in [2.45, 2.75) is 25.8 Å². The molecule has 0 radical (unpaired) electrons. The number of hydrogen-bond donors (Lipinski definition) is 2. The van der Waals surface area contributed by atoms with Gasteiger partial charge in [-0.3, -0.25) is 0 Å². The third kappa shape index (κ3) is 2.37. The quantitative estimate of drug-likeness (QED) is 0.634. The molecule has 12 heavy (non-hydrogen) atoms. The van der Waals surface area contributed by atoms with Crippen molar-refractivity contribution >= 4 is 6.03 Å². The molecule has 0 aromatic carbocycles. The molecular formula is C8H17N3O. The number of nitrogens with one attached hydrogen (secondary N) is 1. The molecule has 3 N–H and O–H groups in total. The number of nitrogens with zero attached hydrogens (tertiary/aromatic N) is 1. The first kappa shape index (κ1) is 9.32. The van der Waals surface area contributed by atoms with Crippen molar-refractivity contribution in [1.82, 2.24) is 10.2 Å². The number of hydrogen-bond acceptors (Lipinski definition) is 2. The third-order valence-electron chi connectivity index (χ3n) is 2.15.